The van der Waals surface area contributed by atoms with Crippen LogP contribution in [-0.2, 0) is 0 Å². The molecule has 0 aliphatic heterocycles. The van der Waals surface area contributed by atoms with Crippen molar-refractivity contribution in [1.29, 1.82) is 0 Å². The van der Waals surface area contributed by atoms with E-state index in [0.29, 0.717) is 6.04 Å². The van der Waals surface area contributed by atoms with E-state index in [4.69, 9.17) is 5.73 Å². The molecular weight excluding hydrogens is 228 g/mol. The molecular formula is C10H15BrN2. The van der Waals surface area contributed by atoms with Crippen LogP contribution < -0.4 is 11.1 Å². The van der Waals surface area contributed by atoms with Gasteiger partial charge in [-0.3, -0.25) is 0 Å². The first-order chi connectivity index (χ1) is 6.13. The summed E-state index contributed by atoms with van der Waals surface area (Å²) >= 11 is 3.47. The fraction of sp³-hybridized carbons (Fsp3) is 0.400. The summed E-state index contributed by atoms with van der Waals surface area (Å²) in [6, 6.07) is 6.25. The number of nitrogens with two attached hydrogens (primary N) is 1. The zero-order chi connectivity index (χ0) is 9.84. The maximum absolute atomic E-state index is 5.68. The zero-order valence-corrected chi connectivity index (χ0v) is 9.56. The molecule has 0 fully saturated rings. The lowest BCUT2D eigenvalue weighted by Gasteiger charge is -2.14. The Morgan fingerprint density at radius 1 is 1.54 bits per heavy atom. The number of rotatable bonds is 3. The number of halogens is 1. The van der Waals surface area contributed by atoms with Gasteiger partial charge in [0.25, 0.3) is 0 Å². The fourth-order valence-electron chi connectivity index (χ4n) is 1.02. The van der Waals surface area contributed by atoms with Gasteiger partial charge in [0.05, 0.1) is 5.69 Å². The monoisotopic (exact) mass is 242 g/mol. The molecule has 1 aromatic rings. The van der Waals surface area contributed by atoms with E-state index in [2.05, 4.69) is 35.1 Å². The number of nitrogens with one attached hydrogen (secondary N) is 1. The van der Waals surface area contributed by atoms with E-state index in [1.54, 1.807) is 0 Å². The van der Waals surface area contributed by atoms with Crippen LogP contribution in [0.3, 0.4) is 0 Å². The van der Waals surface area contributed by atoms with Crippen LogP contribution in [0.4, 0.5) is 11.4 Å². The Kier molecular flexibility index (Phi) is 3.60. The molecule has 0 aliphatic rings. The van der Waals surface area contributed by atoms with E-state index >= 15 is 0 Å². The van der Waals surface area contributed by atoms with Gasteiger partial charge >= 0.3 is 0 Å². The lowest BCUT2D eigenvalue weighted by atomic mass is 10.2. The van der Waals surface area contributed by atoms with Gasteiger partial charge in [-0.2, -0.15) is 0 Å². The molecule has 13 heavy (non-hydrogen) atoms. The first kappa shape index (κ1) is 10.4. The SMILES string of the molecule is CCC(C)Nc1cc(N)ccc1Br. The van der Waals surface area contributed by atoms with E-state index in [-0.39, 0.29) is 0 Å². The van der Waals surface area contributed by atoms with Crippen molar-refractivity contribution >= 4 is 27.3 Å². The largest absolute Gasteiger partial charge is 0.399 e. The molecule has 0 amide bonds. The van der Waals surface area contributed by atoms with Crippen LogP contribution in [0, 0.1) is 0 Å². The third kappa shape index (κ3) is 2.92. The topological polar surface area (TPSA) is 38.0 Å². The molecule has 0 heterocycles. The molecule has 3 N–H and O–H groups in total. The first-order valence-corrected chi connectivity index (χ1v) is 5.24. The van der Waals surface area contributed by atoms with E-state index in [1.165, 1.54) is 0 Å². The van der Waals surface area contributed by atoms with Crippen molar-refractivity contribution in [3.8, 4) is 0 Å². The Hall–Kier alpha value is -0.700. The second-order valence-electron chi connectivity index (χ2n) is 3.19. The number of nitrogen functional groups attached to an aromatic ring is 1. The minimum absolute atomic E-state index is 0.470. The molecule has 1 unspecified atom stereocenters. The van der Waals surface area contributed by atoms with Crippen LogP contribution in [0.15, 0.2) is 22.7 Å². The highest BCUT2D eigenvalue weighted by Gasteiger charge is 2.02. The Labute approximate surface area is 87.6 Å². The summed E-state index contributed by atoms with van der Waals surface area (Å²) in [6.45, 7) is 4.30. The van der Waals surface area contributed by atoms with Gasteiger partial charge in [0, 0.05) is 16.2 Å². The molecule has 72 valence electrons. The van der Waals surface area contributed by atoms with E-state index in [9.17, 15) is 0 Å². The maximum atomic E-state index is 5.68. The Morgan fingerprint density at radius 2 is 2.23 bits per heavy atom. The third-order valence-corrected chi connectivity index (χ3v) is 2.70. The van der Waals surface area contributed by atoms with Crippen LogP contribution >= 0.6 is 15.9 Å². The molecule has 0 spiro atoms. The van der Waals surface area contributed by atoms with Gasteiger partial charge in [-0.1, -0.05) is 6.92 Å². The smallest absolute Gasteiger partial charge is 0.0507 e. The lowest BCUT2D eigenvalue weighted by Crippen LogP contribution is -2.13. The van der Waals surface area contributed by atoms with Gasteiger partial charge in [-0.25, -0.2) is 0 Å². The van der Waals surface area contributed by atoms with Crippen LogP contribution in [-0.4, -0.2) is 6.04 Å². The highest BCUT2D eigenvalue weighted by atomic mass is 79.9. The summed E-state index contributed by atoms with van der Waals surface area (Å²) in [5, 5.41) is 3.37. The van der Waals surface area contributed by atoms with Crippen LogP contribution in [0.5, 0.6) is 0 Å². The van der Waals surface area contributed by atoms with Crippen molar-refractivity contribution in [3.05, 3.63) is 22.7 Å². The molecule has 2 nitrogen and oxygen atoms in total. The number of hydrogen-bond donors (Lipinski definition) is 2. The molecule has 0 saturated carbocycles. The number of benzene rings is 1. The summed E-state index contributed by atoms with van der Waals surface area (Å²) in [5.41, 5.74) is 7.53. The molecule has 1 rings (SSSR count). The maximum Gasteiger partial charge on any atom is 0.0507 e. The van der Waals surface area contributed by atoms with Gasteiger partial charge in [-0.05, 0) is 47.5 Å². The number of hydrogen-bond acceptors (Lipinski definition) is 2. The molecule has 1 aromatic carbocycles. The van der Waals surface area contributed by atoms with Crippen LogP contribution in [0.2, 0.25) is 0 Å². The molecule has 0 radical (unpaired) electrons. The van der Waals surface area contributed by atoms with E-state index in [1.807, 2.05) is 18.2 Å². The average molecular weight is 243 g/mol. The van der Waals surface area contributed by atoms with E-state index < -0.39 is 0 Å². The zero-order valence-electron chi connectivity index (χ0n) is 7.97. The Balaban J connectivity index is 2.81. The van der Waals surface area contributed by atoms with Crippen molar-refractivity contribution in [1.82, 2.24) is 0 Å². The fourth-order valence-corrected chi connectivity index (χ4v) is 1.38. The van der Waals surface area contributed by atoms with Gasteiger partial charge in [0.2, 0.25) is 0 Å². The standard InChI is InChI=1S/C10H15BrN2/c1-3-7(2)13-10-6-8(12)4-5-9(10)11/h4-7,13H,3,12H2,1-2H3. The normalized spacial score (nSPS) is 12.5. The number of anilines is 2. The predicted octanol–water partition coefficient (Wildman–Crippen LogP) is 3.24. The molecule has 1 atom stereocenters. The molecule has 3 heteroatoms. The third-order valence-electron chi connectivity index (χ3n) is 2.00. The Morgan fingerprint density at radius 3 is 2.85 bits per heavy atom. The van der Waals surface area contributed by atoms with Gasteiger partial charge in [-0.15, -0.1) is 0 Å². The predicted molar refractivity (Wildman–Crippen MR) is 61.9 cm³/mol. The van der Waals surface area contributed by atoms with Crippen LogP contribution in [0.25, 0.3) is 0 Å². The van der Waals surface area contributed by atoms with Gasteiger partial charge < -0.3 is 11.1 Å². The van der Waals surface area contributed by atoms with Crippen molar-refractivity contribution in [2.24, 2.45) is 0 Å². The second-order valence-corrected chi connectivity index (χ2v) is 4.05. The van der Waals surface area contributed by atoms with Gasteiger partial charge in [0.15, 0.2) is 0 Å². The quantitative estimate of drug-likeness (QED) is 0.800. The van der Waals surface area contributed by atoms with Gasteiger partial charge in [0.1, 0.15) is 0 Å². The van der Waals surface area contributed by atoms with E-state index in [0.717, 1.165) is 22.3 Å². The minimum atomic E-state index is 0.470. The van der Waals surface area contributed by atoms with Crippen molar-refractivity contribution in [2.45, 2.75) is 26.3 Å². The summed E-state index contributed by atoms with van der Waals surface area (Å²) in [6.07, 6.45) is 1.10. The van der Waals surface area contributed by atoms with Crippen molar-refractivity contribution < 1.29 is 0 Å². The summed E-state index contributed by atoms with van der Waals surface area (Å²) in [7, 11) is 0. The van der Waals surface area contributed by atoms with Crippen molar-refractivity contribution in [3.63, 3.8) is 0 Å². The van der Waals surface area contributed by atoms with Crippen LogP contribution in [0.1, 0.15) is 20.3 Å². The Bertz CT molecular complexity index is 286. The average Bonchev–Trinajstić information content (AvgIpc) is 2.11. The molecule has 0 bridgehead atoms. The highest BCUT2D eigenvalue weighted by molar-refractivity contribution is 9.10. The summed E-state index contributed by atoms with van der Waals surface area (Å²) in [4.78, 5) is 0. The van der Waals surface area contributed by atoms with Crippen molar-refractivity contribution in [2.75, 3.05) is 11.1 Å². The molecule has 0 aromatic heterocycles. The lowest BCUT2D eigenvalue weighted by molar-refractivity contribution is 0.763. The highest BCUT2D eigenvalue weighted by Crippen LogP contribution is 2.25. The minimum Gasteiger partial charge on any atom is -0.399 e. The first-order valence-electron chi connectivity index (χ1n) is 4.45. The molecule has 0 aliphatic carbocycles. The summed E-state index contributed by atoms with van der Waals surface area (Å²) in [5.74, 6) is 0. The summed E-state index contributed by atoms with van der Waals surface area (Å²) < 4.78 is 1.06. The molecule has 0 saturated heterocycles. The second kappa shape index (κ2) is 4.51.